The predicted octanol–water partition coefficient (Wildman–Crippen LogP) is 5.63. The van der Waals surface area contributed by atoms with Crippen molar-refractivity contribution in [3.05, 3.63) is 0 Å². The Morgan fingerprint density at radius 3 is 1.06 bits per heavy atom. The SMILES string of the molecule is CCC(CC)(CS)C(=O)[O-].CCC(CC)(CS)C(=O)[O-].CCCCC[CH2][Sn+2][CH2]CCCCC. The van der Waals surface area contributed by atoms with Crippen molar-refractivity contribution >= 4 is 58.3 Å². The maximum atomic E-state index is 10.6. The van der Waals surface area contributed by atoms with Gasteiger partial charge in [-0.25, -0.2) is 0 Å². The molecule has 0 amide bonds. The van der Waals surface area contributed by atoms with Gasteiger partial charge in [-0.1, -0.05) is 27.7 Å². The van der Waals surface area contributed by atoms with E-state index in [9.17, 15) is 19.8 Å². The number of hydrogen-bond acceptors (Lipinski definition) is 6. The van der Waals surface area contributed by atoms with E-state index in [1.54, 1.807) is 21.7 Å². The molecule has 0 bridgehead atoms. The molecule has 0 heterocycles. The minimum atomic E-state index is -0.979. The topological polar surface area (TPSA) is 80.3 Å². The zero-order valence-corrected chi connectivity index (χ0v) is 27.0. The summed E-state index contributed by atoms with van der Waals surface area (Å²) in [5.41, 5.74) is -1.41. The molecule has 0 aliphatic heterocycles. The first kappa shape index (κ1) is 38.0. The molecule has 0 saturated carbocycles. The van der Waals surface area contributed by atoms with Crippen molar-refractivity contribution in [3.8, 4) is 0 Å². The summed E-state index contributed by atoms with van der Waals surface area (Å²) < 4.78 is 3.30. The number of rotatable bonds is 18. The molecule has 0 aromatic heterocycles. The average molecular weight is 612 g/mol. The van der Waals surface area contributed by atoms with Crippen LogP contribution < -0.4 is 10.2 Å². The first-order valence-electron chi connectivity index (χ1n) is 13.0. The van der Waals surface area contributed by atoms with Crippen molar-refractivity contribution in [2.45, 2.75) is 127 Å². The maximum absolute atomic E-state index is 10.6. The summed E-state index contributed by atoms with van der Waals surface area (Å²) in [6.07, 6.45) is 14.2. The summed E-state index contributed by atoms with van der Waals surface area (Å²) in [5, 5.41) is 21.1. The van der Waals surface area contributed by atoms with Crippen LogP contribution in [0.15, 0.2) is 0 Å². The van der Waals surface area contributed by atoms with Crippen LogP contribution in [0.3, 0.4) is 0 Å². The molecule has 7 heteroatoms. The molecule has 0 aromatic carbocycles. The Bertz CT molecular complexity index is 397. The normalized spacial score (nSPS) is 10.9. The molecule has 0 spiro atoms. The second-order valence-corrected chi connectivity index (χ2v) is 13.7. The molecule has 196 valence electrons. The first-order chi connectivity index (χ1) is 15.7. The Morgan fingerprint density at radius 2 is 0.909 bits per heavy atom. The van der Waals surface area contributed by atoms with Gasteiger partial charge in [0.15, 0.2) is 0 Å². The number of hydrogen-bond donors (Lipinski definition) is 2. The second-order valence-electron chi connectivity index (χ2n) is 8.74. The summed E-state index contributed by atoms with van der Waals surface area (Å²) in [4.78, 5) is 21.1. The number of carbonyl (C=O) groups excluding carboxylic acids is 2. The van der Waals surface area contributed by atoms with Crippen molar-refractivity contribution in [1.82, 2.24) is 0 Å². The molecular weight excluding hydrogens is 559 g/mol. The number of thiol groups is 2. The molecular formula is C26H52O4S2Sn. The summed E-state index contributed by atoms with van der Waals surface area (Å²) in [5.74, 6) is -1.23. The van der Waals surface area contributed by atoms with E-state index in [-0.39, 0.29) is 21.1 Å². The number of aliphatic carboxylic acids is 2. The summed E-state index contributed by atoms with van der Waals surface area (Å²) >= 11 is 8.06. The number of carboxylic acid groups (broad SMARTS) is 2. The van der Waals surface area contributed by atoms with Crippen LogP contribution in [0.2, 0.25) is 8.87 Å². The van der Waals surface area contributed by atoms with Gasteiger partial charge in [0.1, 0.15) is 0 Å². The molecule has 0 aliphatic carbocycles. The molecule has 0 atom stereocenters. The molecule has 0 rings (SSSR count). The monoisotopic (exact) mass is 612 g/mol. The Balaban J connectivity index is -0.000000415. The van der Waals surface area contributed by atoms with E-state index in [2.05, 4.69) is 39.1 Å². The summed E-state index contributed by atoms with van der Waals surface area (Å²) in [6.45, 7) is 12.0. The molecule has 0 radical (unpaired) electrons. The average Bonchev–Trinajstić information content (AvgIpc) is 2.81. The predicted molar refractivity (Wildman–Crippen MR) is 147 cm³/mol. The van der Waals surface area contributed by atoms with Crippen molar-refractivity contribution in [1.29, 1.82) is 0 Å². The van der Waals surface area contributed by atoms with Gasteiger partial charge in [-0.2, -0.15) is 25.3 Å². The van der Waals surface area contributed by atoms with E-state index in [4.69, 9.17) is 0 Å². The molecule has 4 nitrogen and oxygen atoms in total. The fourth-order valence-electron chi connectivity index (χ4n) is 3.13. The van der Waals surface area contributed by atoms with Gasteiger partial charge in [0.2, 0.25) is 0 Å². The zero-order chi connectivity index (χ0) is 26.2. The van der Waals surface area contributed by atoms with Crippen LogP contribution in [-0.4, -0.2) is 44.6 Å². The van der Waals surface area contributed by atoms with Crippen molar-refractivity contribution in [2.75, 3.05) is 11.5 Å². The number of carboxylic acids is 2. The number of carbonyl (C=O) groups is 2. The van der Waals surface area contributed by atoms with E-state index < -0.39 is 22.8 Å². The third-order valence-corrected chi connectivity index (χ3v) is 11.8. The fourth-order valence-corrected chi connectivity index (χ4v) is 7.85. The van der Waals surface area contributed by atoms with Gasteiger partial charge >= 0.3 is 95.2 Å². The molecule has 0 unspecified atom stereocenters. The van der Waals surface area contributed by atoms with Crippen molar-refractivity contribution in [2.24, 2.45) is 10.8 Å². The molecule has 0 saturated heterocycles. The molecule has 0 fully saturated rings. The Labute approximate surface area is 226 Å². The van der Waals surface area contributed by atoms with E-state index in [0.717, 1.165) is 0 Å². The van der Waals surface area contributed by atoms with Crippen LogP contribution >= 0.6 is 25.3 Å². The van der Waals surface area contributed by atoms with Crippen LogP contribution in [0.25, 0.3) is 0 Å². The fraction of sp³-hybridized carbons (Fsp3) is 0.923. The molecule has 0 aromatic rings. The molecule has 33 heavy (non-hydrogen) atoms. The third-order valence-electron chi connectivity index (χ3n) is 6.59. The third kappa shape index (κ3) is 18.4. The molecule has 0 N–H and O–H groups in total. The first-order valence-corrected chi connectivity index (χ1v) is 18.3. The second kappa shape index (κ2) is 25.5. The van der Waals surface area contributed by atoms with Gasteiger partial charge in [-0.05, 0) is 25.7 Å². The van der Waals surface area contributed by atoms with Gasteiger partial charge in [0.05, 0.1) is 0 Å². The van der Waals surface area contributed by atoms with Gasteiger partial charge < -0.3 is 19.8 Å². The van der Waals surface area contributed by atoms with Crippen LogP contribution in [-0.2, 0) is 9.59 Å². The Kier molecular flexibility index (Phi) is 29.4. The van der Waals surface area contributed by atoms with Crippen LogP contribution in [0.1, 0.15) is 119 Å². The number of unbranched alkanes of at least 4 members (excludes halogenated alkanes) is 6. The minimum absolute atomic E-state index is 0.104. The van der Waals surface area contributed by atoms with Gasteiger partial charge in [-0.15, -0.1) is 0 Å². The Hall–Kier alpha value is 0.439. The zero-order valence-electron chi connectivity index (χ0n) is 22.3. The van der Waals surface area contributed by atoms with Gasteiger partial charge in [0, 0.05) is 34.3 Å². The van der Waals surface area contributed by atoms with Crippen LogP contribution in [0, 0.1) is 10.8 Å². The Morgan fingerprint density at radius 1 is 0.606 bits per heavy atom. The van der Waals surface area contributed by atoms with Gasteiger partial charge in [0.25, 0.3) is 0 Å². The molecule has 0 aliphatic rings. The van der Waals surface area contributed by atoms with E-state index >= 15 is 0 Å². The summed E-state index contributed by atoms with van der Waals surface area (Å²) in [6, 6.07) is 0. The van der Waals surface area contributed by atoms with Crippen LogP contribution in [0.4, 0.5) is 0 Å². The standard InChI is InChI=1S/2C7H14O2S.2C6H13.Sn/c2*1-3-7(4-2,5-10)6(8)9;2*1-3-5-6-4-2;/h2*10H,3-5H2,1-2H3,(H,8,9);2*1,3-6H2,2H3;/q;;;;+2/p-2. The van der Waals surface area contributed by atoms with Crippen molar-refractivity contribution < 1.29 is 19.8 Å². The van der Waals surface area contributed by atoms with E-state index in [1.807, 2.05) is 27.7 Å². The van der Waals surface area contributed by atoms with E-state index in [0.29, 0.717) is 37.2 Å². The van der Waals surface area contributed by atoms with Crippen LogP contribution in [0.5, 0.6) is 0 Å². The van der Waals surface area contributed by atoms with Crippen molar-refractivity contribution in [3.63, 3.8) is 0 Å². The van der Waals surface area contributed by atoms with Gasteiger partial charge in [-0.3, -0.25) is 0 Å². The van der Waals surface area contributed by atoms with E-state index in [1.165, 1.54) is 38.5 Å². The summed E-state index contributed by atoms with van der Waals surface area (Å²) in [7, 11) is 0. The quantitative estimate of drug-likeness (QED) is 0.120.